The molecule has 0 unspecified atom stereocenters. The van der Waals surface area contributed by atoms with E-state index in [-0.39, 0.29) is 12.7 Å². The van der Waals surface area contributed by atoms with E-state index >= 15 is 0 Å². The first-order valence-electron chi connectivity index (χ1n) is 6.42. The van der Waals surface area contributed by atoms with Crippen molar-refractivity contribution < 1.29 is 14.3 Å². The quantitative estimate of drug-likeness (QED) is 0.489. The van der Waals surface area contributed by atoms with E-state index in [1.54, 1.807) is 4.57 Å². The summed E-state index contributed by atoms with van der Waals surface area (Å²) in [5, 5.41) is 0.993. The topological polar surface area (TPSA) is 40.5 Å². The van der Waals surface area contributed by atoms with Gasteiger partial charge in [0.05, 0.1) is 11.2 Å². The summed E-state index contributed by atoms with van der Waals surface area (Å²) in [5.41, 5.74) is 3.53. The van der Waals surface area contributed by atoms with Crippen molar-refractivity contribution in [3.63, 3.8) is 0 Å². The van der Waals surface area contributed by atoms with E-state index in [2.05, 4.69) is 0 Å². The van der Waals surface area contributed by atoms with Crippen LogP contribution in [0.2, 0.25) is 0 Å². The first kappa shape index (κ1) is 10.1. The van der Waals surface area contributed by atoms with Crippen molar-refractivity contribution in [1.29, 1.82) is 0 Å². The van der Waals surface area contributed by atoms with Crippen LogP contribution < -0.4 is 9.47 Å². The van der Waals surface area contributed by atoms with Crippen LogP contribution in [0.3, 0.4) is 0 Å². The Morgan fingerprint density at radius 2 is 1.70 bits per heavy atom. The molecule has 0 N–H and O–H groups in total. The van der Waals surface area contributed by atoms with Gasteiger partial charge in [0.25, 0.3) is 5.91 Å². The highest BCUT2D eigenvalue weighted by molar-refractivity contribution is 6.14. The number of rotatable bonds is 0. The Morgan fingerprint density at radius 3 is 2.55 bits per heavy atom. The molecule has 2 aliphatic heterocycles. The predicted octanol–water partition coefficient (Wildman–Crippen LogP) is 3.04. The average molecular weight is 263 g/mol. The number of aromatic nitrogens is 1. The molecule has 0 amide bonds. The molecule has 0 saturated carbocycles. The Labute approximate surface area is 114 Å². The van der Waals surface area contributed by atoms with Crippen molar-refractivity contribution >= 4 is 16.8 Å². The van der Waals surface area contributed by atoms with Crippen molar-refractivity contribution in [1.82, 2.24) is 4.57 Å². The second-order valence-corrected chi connectivity index (χ2v) is 4.98. The van der Waals surface area contributed by atoms with Crippen molar-refractivity contribution in [2.45, 2.75) is 0 Å². The Kier molecular flexibility index (Phi) is 1.62. The summed E-state index contributed by atoms with van der Waals surface area (Å²) in [7, 11) is 0. The van der Waals surface area contributed by atoms with E-state index in [9.17, 15) is 4.79 Å². The van der Waals surface area contributed by atoms with Crippen molar-refractivity contribution in [2.75, 3.05) is 6.79 Å². The maximum atomic E-state index is 12.6. The minimum absolute atomic E-state index is 0.0180. The van der Waals surface area contributed by atoms with Gasteiger partial charge in [0.1, 0.15) is 0 Å². The van der Waals surface area contributed by atoms with Crippen LogP contribution in [0, 0.1) is 0 Å². The molecule has 3 aromatic rings. The summed E-state index contributed by atoms with van der Waals surface area (Å²) in [4.78, 5) is 12.6. The normalized spacial score (nSPS) is 14.7. The summed E-state index contributed by atoms with van der Waals surface area (Å²) in [5.74, 6) is 1.45. The second kappa shape index (κ2) is 3.22. The summed E-state index contributed by atoms with van der Waals surface area (Å²) >= 11 is 0. The Balaban J connectivity index is 1.89. The maximum Gasteiger partial charge on any atom is 0.263 e. The fourth-order valence-electron chi connectivity index (χ4n) is 3.03. The van der Waals surface area contributed by atoms with Gasteiger partial charge in [-0.05, 0) is 18.2 Å². The number of benzene rings is 2. The lowest BCUT2D eigenvalue weighted by molar-refractivity contribution is 0.0973. The molecule has 0 atom stereocenters. The summed E-state index contributed by atoms with van der Waals surface area (Å²) in [6, 6.07) is 13.5. The van der Waals surface area contributed by atoms with E-state index in [0.717, 1.165) is 33.5 Å². The molecule has 4 heteroatoms. The molecule has 0 spiro atoms. The number of fused-ring (bicyclic) bond motifs is 6. The highest BCUT2D eigenvalue weighted by Crippen LogP contribution is 2.42. The summed E-state index contributed by atoms with van der Waals surface area (Å²) in [6.45, 7) is 0.239. The molecule has 0 aliphatic carbocycles. The van der Waals surface area contributed by atoms with Crippen LogP contribution in [0.15, 0.2) is 42.5 Å². The lowest BCUT2D eigenvalue weighted by Gasteiger charge is -2.01. The van der Waals surface area contributed by atoms with Gasteiger partial charge in [-0.2, -0.15) is 0 Å². The molecule has 0 fully saturated rings. The van der Waals surface area contributed by atoms with E-state index in [1.807, 2.05) is 42.5 Å². The van der Waals surface area contributed by atoms with Crippen LogP contribution in [0.25, 0.3) is 22.2 Å². The second-order valence-electron chi connectivity index (χ2n) is 4.98. The van der Waals surface area contributed by atoms with Gasteiger partial charge in [-0.3, -0.25) is 9.36 Å². The molecule has 2 aliphatic rings. The van der Waals surface area contributed by atoms with Crippen LogP contribution in [-0.2, 0) is 0 Å². The molecule has 0 radical (unpaired) electrons. The van der Waals surface area contributed by atoms with Crippen molar-refractivity contribution in [2.24, 2.45) is 0 Å². The van der Waals surface area contributed by atoms with Crippen molar-refractivity contribution in [3.05, 3.63) is 48.0 Å². The van der Waals surface area contributed by atoms with Gasteiger partial charge in [0, 0.05) is 22.6 Å². The zero-order chi connectivity index (χ0) is 13.3. The van der Waals surface area contributed by atoms with Gasteiger partial charge in [-0.25, -0.2) is 0 Å². The van der Waals surface area contributed by atoms with E-state index in [0.29, 0.717) is 5.75 Å². The molecule has 0 saturated heterocycles. The van der Waals surface area contributed by atoms with Crippen LogP contribution in [0.4, 0.5) is 0 Å². The smallest absolute Gasteiger partial charge is 0.263 e. The third-order valence-corrected chi connectivity index (χ3v) is 3.93. The Bertz CT molecular complexity index is 907. The molecular formula is C16H9NO3. The lowest BCUT2D eigenvalue weighted by atomic mass is 10.1. The molecular weight excluding hydrogens is 254 g/mol. The third kappa shape index (κ3) is 1.05. The Morgan fingerprint density at radius 1 is 0.950 bits per heavy atom. The van der Waals surface area contributed by atoms with E-state index in [1.165, 1.54) is 0 Å². The maximum absolute atomic E-state index is 12.6. The fraction of sp³-hybridized carbons (Fsp3) is 0.0625. The van der Waals surface area contributed by atoms with Gasteiger partial charge in [-0.15, -0.1) is 0 Å². The monoisotopic (exact) mass is 263 g/mol. The molecule has 3 heterocycles. The minimum Gasteiger partial charge on any atom is -0.454 e. The number of hydrogen-bond donors (Lipinski definition) is 0. The summed E-state index contributed by atoms with van der Waals surface area (Å²) < 4.78 is 12.5. The number of hydrogen-bond acceptors (Lipinski definition) is 3. The van der Waals surface area contributed by atoms with Gasteiger partial charge in [-0.1, -0.05) is 18.2 Å². The lowest BCUT2D eigenvalue weighted by Crippen LogP contribution is -2.05. The van der Waals surface area contributed by atoms with Crippen LogP contribution in [0.5, 0.6) is 11.5 Å². The largest absolute Gasteiger partial charge is 0.454 e. The van der Waals surface area contributed by atoms with Gasteiger partial charge < -0.3 is 9.47 Å². The number of carbonyl (C=O) groups excluding carboxylic acids is 1. The van der Waals surface area contributed by atoms with Crippen LogP contribution >= 0.6 is 0 Å². The minimum atomic E-state index is 0.0180. The fourth-order valence-corrected chi connectivity index (χ4v) is 3.03. The molecule has 2 aromatic carbocycles. The Hall–Kier alpha value is -2.75. The highest BCUT2D eigenvalue weighted by atomic mass is 16.7. The number of ether oxygens (including phenoxy) is 2. The van der Waals surface area contributed by atoms with Crippen LogP contribution in [-0.4, -0.2) is 17.3 Å². The number of nitrogens with zero attached hydrogens (tertiary/aromatic N) is 1. The SMILES string of the molecule is O=C1c2ccccc2-c2cc3cc4c(cc3n21)OCO4. The molecule has 1 aromatic heterocycles. The standard InChI is InChI=1S/C16H9NO3/c18-16-11-4-2-1-3-10(11)13-5-9-6-14-15(20-8-19-14)7-12(9)17(13)16/h1-7H,8H2. The molecule has 96 valence electrons. The molecule has 20 heavy (non-hydrogen) atoms. The molecule has 4 nitrogen and oxygen atoms in total. The molecule has 0 bridgehead atoms. The van der Waals surface area contributed by atoms with E-state index < -0.39 is 0 Å². The zero-order valence-electron chi connectivity index (χ0n) is 10.4. The van der Waals surface area contributed by atoms with Crippen molar-refractivity contribution in [3.8, 4) is 22.8 Å². The molecule has 5 rings (SSSR count). The summed E-state index contributed by atoms with van der Waals surface area (Å²) in [6.07, 6.45) is 0. The van der Waals surface area contributed by atoms with Gasteiger partial charge in [0.15, 0.2) is 11.5 Å². The first-order valence-corrected chi connectivity index (χ1v) is 6.42. The highest BCUT2D eigenvalue weighted by Gasteiger charge is 2.29. The predicted molar refractivity (Wildman–Crippen MR) is 73.2 cm³/mol. The number of carbonyl (C=O) groups is 1. The average Bonchev–Trinajstić information content (AvgIpc) is 3.12. The van der Waals surface area contributed by atoms with Crippen LogP contribution in [0.1, 0.15) is 10.4 Å². The van der Waals surface area contributed by atoms with Gasteiger partial charge in [0.2, 0.25) is 6.79 Å². The van der Waals surface area contributed by atoms with Gasteiger partial charge >= 0.3 is 0 Å². The first-order chi connectivity index (χ1) is 9.83. The zero-order valence-corrected chi connectivity index (χ0v) is 10.4. The van der Waals surface area contributed by atoms with E-state index in [4.69, 9.17) is 9.47 Å². The third-order valence-electron chi connectivity index (χ3n) is 3.93.